The number of aromatic carboxylic acids is 1. The van der Waals surface area contributed by atoms with Crippen LogP contribution in [0.2, 0.25) is 0 Å². The van der Waals surface area contributed by atoms with Crippen molar-refractivity contribution in [2.24, 2.45) is 28.9 Å². The Morgan fingerprint density at radius 3 is 1.97 bits per heavy atom. The molecule has 3 aliphatic rings. The number of hydrogen-bond acceptors (Lipinski definition) is 9. The van der Waals surface area contributed by atoms with Gasteiger partial charge in [-0.1, -0.05) is 77.5 Å². The van der Waals surface area contributed by atoms with Crippen molar-refractivity contribution in [3.8, 4) is 0 Å². The Balaban J connectivity index is 1.50. The molecule has 60 heavy (non-hydrogen) atoms. The zero-order valence-corrected chi connectivity index (χ0v) is 35.5. The summed E-state index contributed by atoms with van der Waals surface area (Å²) in [5.74, 6) is -6.07. The molecule has 7 N–H and O–H groups in total. The standard InChI is InChI=1S/C44H64N6O10/c1-44(2,3)36(49-40(55)32(23-13-14-24-33(51)60-4)46-39(54)30-21-11-12-22-31(30)43(58)59)42(57)50-25-15-20-29(26-50)38(53)48-35(28-18-9-6-10-19-28)41(56)47-34(37(45)52)27-16-7-5-8-17-27/h11-12,14,21-22,24,27-29,32,34-36H,5-10,13,15-20,23,25-26H2,1-4H3,(H2,45,52)(H,46,54)(H,47,56)(H,48,53)(H,49,55)(H,58,59)/b24-14+/t29-,32+,34+,35+,36-/m1/s1. The van der Waals surface area contributed by atoms with Gasteiger partial charge >= 0.3 is 11.9 Å². The van der Waals surface area contributed by atoms with E-state index < -0.39 is 77.0 Å². The molecular formula is C44H64N6O10. The van der Waals surface area contributed by atoms with Crippen LogP contribution in [0.3, 0.4) is 0 Å². The van der Waals surface area contributed by atoms with E-state index in [1.165, 1.54) is 43.5 Å². The molecule has 0 unspecified atom stereocenters. The van der Waals surface area contributed by atoms with Crippen LogP contribution in [0.4, 0.5) is 0 Å². The zero-order valence-electron chi connectivity index (χ0n) is 35.5. The minimum absolute atomic E-state index is 0.00605. The molecule has 1 aliphatic heterocycles. The lowest BCUT2D eigenvalue weighted by Crippen LogP contribution is -2.61. The minimum atomic E-state index is -1.33. The average Bonchev–Trinajstić information content (AvgIpc) is 3.24. The van der Waals surface area contributed by atoms with Gasteiger partial charge < -0.3 is 41.7 Å². The van der Waals surface area contributed by atoms with E-state index in [-0.39, 0.29) is 48.3 Å². The summed E-state index contributed by atoms with van der Waals surface area (Å²) < 4.78 is 4.63. The smallest absolute Gasteiger partial charge is 0.336 e. The predicted molar refractivity (Wildman–Crippen MR) is 222 cm³/mol. The van der Waals surface area contributed by atoms with Gasteiger partial charge in [-0.05, 0) is 80.8 Å². The van der Waals surface area contributed by atoms with Gasteiger partial charge in [0, 0.05) is 19.2 Å². The molecule has 2 aliphatic carbocycles. The molecule has 16 heteroatoms. The Kier molecular flexibility index (Phi) is 17.7. The second-order valence-corrected chi connectivity index (χ2v) is 17.5. The molecule has 6 amide bonds. The molecule has 3 fully saturated rings. The molecular weight excluding hydrogens is 773 g/mol. The Bertz CT molecular complexity index is 1750. The summed E-state index contributed by atoms with van der Waals surface area (Å²) in [6, 6.07) is 1.54. The van der Waals surface area contributed by atoms with Crippen LogP contribution in [0.25, 0.3) is 0 Å². The first-order valence-corrected chi connectivity index (χ1v) is 21.4. The third-order valence-electron chi connectivity index (χ3n) is 12.0. The van der Waals surface area contributed by atoms with E-state index >= 15 is 0 Å². The molecule has 1 aromatic rings. The fraction of sp³-hybridized carbons (Fsp3) is 0.636. The number of nitrogens with two attached hydrogens (primary N) is 1. The summed E-state index contributed by atoms with van der Waals surface area (Å²) in [7, 11) is 1.22. The van der Waals surface area contributed by atoms with Gasteiger partial charge in [-0.15, -0.1) is 0 Å². The fourth-order valence-electron chi connectivity index (χ4n) is 8.62. The SMILES string of the molecule is COC(=O)/C=C/CC[C@H](NC(=O)c1ccccc1C(=O)O)C(=O)N[C@H](C(=O)N1CCC[C@@H](C(=O)N[C@H](C(=O)N[C@H](C(N)=O)C2CCCCC2)C2CCCCC2)C1)C(C)(C)C. The monoisotopic (exact) mass is 836 g/mol. The molecule has 4 rings (SSSR count). The number of carbonyl (C=O) groups is 8. The highest BCUT2D eigenvalue weighted by Gasteiger charge is 2.41. The quantitative estimate of drug-likeness (QED) is 0.0987. The van der Waals surface area contributed by atoms with Gasteiger partial charge in [0.15, 0.2) is 0 Å². The first kappa shape index (κ1) is 47.4. The molecule has 0 radical (unpaired) electrons. The maximum atomic E-state index is 14.4. The van der Waals surface area contributed by atoms with Crippen LogP contribution in [0.15, 0.2) is 36.4 Å². The number of methoxy groups -OCH3 is 1. The highest BCUT2D eigenvalue weighted by molar-refractivity contribution is 6.06. The number of esters is 1. The third-order valence-corrected chi connectivity index (χ3v) is 12.0. The lowest BCUT2D eigenvalue weighted by atomic mass is 9.81. The van der Waals surface area contributed by atoms with Crippen molar-refractivity contribution >= 4 is 47.4 Å². The molecule has 0 aromatic heterocycles. The molecule has 330 valence electrons. The Morgan fingerprint density at radius 2 is 1.40 bits per heavy atom. The number of carbonyl (C=O) groups excluding carboxylic acids is 7. The van der Waals surface area contributed by atoms with E-state index in [0.29, 0.717) is 19.4 Å². The molecule has 1 heterocycles. The van der Waals surface area contributed by atoms with Crippen molar-refractivity contribution in [2.45, 2.75) is 135 Å². The molecule has 1 saturated heterocycles. The number of carboxylic acids is 1. The van der Waals surface area contributed by atoms with Crippen molar-refractivity contribution in [3.63, 3.8) is 0 Å². The number of nitrogens with one attached hydrogen (secondary N) is 4. The second-order valence-electron chi connectivity index (χ2n) is 17.5. The number of nitrogens with zero attached hydrogens (tertiary/aromatic N) is 1. The van der Waals surface area contributed by atoms with Crippen LogP contribution < -0.4 is 27.0 Å². The van der Waals surface area contributed by atoms with Crippen molar-refractivity contribution in [2.75, 3.05) is 20.2 Å². The third kappa shape index (κ3) is 13.4. The van der Waals surface area contributed by atoms with Crippen LogP contribution in [-0.4, -0.2) is 102 Å². The number of primary amides is 1. The van der Waals surface area contributed by atoms with E-state index in [2.05, 4.69) is 26.0 Å². The van der Waals surface area contributed by atoms with Crippen LogP contribution in [0, 0.1) is 23.2 Å². The number of ether oxygens (including phenoxy) is 1. The van der Waals surface area contributed by atoms with Gasteiger partial charge in [0.25, 0.3) is 5.91 Å². The van der Waals surface area contributed by atoms with Crippen molar-refractivity contribution < 1.29 is 48.2 Å². The number of benzene rings is 1. The number of rotatable bonds is 17. The maximum Gasteiger partial charge on any atom is 0.336 e. The summed E-state index contributed by atoms with van der Waals surface area (Å²) in [4.78, 5) is 107. The average molecular weight is 837 g/mol. The predicted octanol–water partition coefficient (Wildman–Crippen LogP) is 3.38. The number of piperidine rings is 1. The topological polar surface area (TPSA) is 243 Å². The Hall–Kier alpha value is -5.28. The number of carboxylic acid groups (broad SMARTS) is 1. The van der Waals surface area contributed by atoms with Crippen molar-refractivity contribution in [1.29, 1.82) is 0 Å². The summed E-state index contributed by atoms with van der Waals surface area (Å²) in [5.41, 5.74) is 4.55. The van der Waals surface area contributed by atoms with E-state index in [1.54, 1.807) is 25.7 Å². The van der Waals surface area contributed by atoms with E-state index in [9.17, 15) is 43.5 Å². The number of allylic oxidation sites excluding steroid dienone is 1. The normalized spacial score (nSPS) is 19.9. The van der Waals surface area contributed by atoms with E-state index in [0.717, 1.165) is 64.2 Å². The maximum absolute atomic E-state index is 14.4. The highest BCUT2D eigenvalue weighted by atomic mass is 16.5. The molecule has 0 bridgehead atoms. The Labute approximate surface area is 352 Å². The van der Waals surface area contributed by atoms with Crippen molar-refractivity contribution in [1.82, 2.24) is 26.2 Å². The van der Waals surface area contributed by atoms with Crippen LogP contribution in [-0.2, 0) is 33.5 Å². The Morgan fingerprint density at radius 1 is 0.800 bits per heavy atom. The van der Waals surface area contributed by atoms with Gasteiger partial charge in [0.05, 0.1) is 24.2 Å². The summed E-state index contributed by atoms with van der Waals surface area (Å²) >= 11 is 0. The lowest BCUT2D eigenvalue weighted by Gasteiger charge is -2.39. The lowest BCUT2D eigenvalue weighted by molar-refractivity contribution is -0.143. The number of amides is 6. The molecule has 2 saturated carbocycles. The summed E-state index contributed by atoms with van der Waals surface area (Å²) in [5, 5.41) is 21.1. The summed E-state index contributed by atoms with van der Waals surface area (Å²) in [6.07, 6.45) is 12.7. The second kappa shape index (κ2) is 22.4. The van der Waals surface area contributed by atoms with Gasteiger partial charge in [-0.3, -0.25) is 28.8 Å². The first-order chi connectivity index (χ1) is 28.5. The van der Waals surface area contributed by atoms with Gasteiger partial charge in [-0.25, -0.2) is 9.59 Å². The van der Waals surface area contributed by atoms with Crippen molar-refractivity contribution in [3.05, 3.63) is 47.5 Å². The largest absolute Gasteiger partial charge is 0.478 e. The molecule has 5 atom stereocenters. The van der Waals surface area contributed by atoms with Gasteiger partial charge in [0.2, 0.25) is 29.5 Å². The van der Waals surface area contributed by atoms with Crippen LogP contribution >= 0.6 is 0 Å². The zero-order chi connectivity index (χ0) is 44.0. The fourth-order valence-corrected chi connectivity index (χ4v) is 8.62. The molecule has 0 spiro atoms. The van der Waals surface area contributed by atoms with Crippen LogP contribution in [0.5, 0.6) is 0 Å². The number of hydrogen-bond donors (Lipinski definition) is 6. The molecule has 16 nitrogen and oxygen atoms in total. The van der Waals surface area contributed by atoms with Gasteiger partial charge in [-0.2, -0.15) is 0 Å². The summed E-state index contributed by atoms with van der Waals surface area (Å²) in [6.45, 7) is 5.70. The van der Waals surface area contributed by atoms with E-state index in [4.69, 9.17) is 5.73 Å². The van der Waals surface area contributed by atoms with Crippen LogP contribution in [0.1, 0.15) is 131 Å². The highest BCUT2D eigenvalue weighted by Crippen LogP contribution is 2.30. The number of likely N-dealkylation sites (tertiary alicyclic amines) is 1. The minimum Gasteiger partial charge on any atom is -0.478 e. The first-order valence-electron chi connectivity index (χ1n) is 21.4. The molecule has 1 aromatic carbocycles. The van der Waals surface area contributed by atoms with E-state index in [1.807, 2.05) is 0 Å². The van der Waals surface area contributed by atoms with Gasteiger partial charge in [0.1, 0.15) is 24.2 Å².